The lowest BCUT2D eigenvalue weighted by atomic mass is 10.1. The molecule has 0 radical (unpaired) electrons. The van der Waals surface area contributed by atoms with Crippen molar-refractivity contribution in [3.05, 3.63) is 0 Å². The summed E-state index contributed by atoms with van der Waals surface area (Å²) >= 11 is 0. The quantitative estimate of drug-likeness (QED) is 0.719. The van der Waals surface area contributed by atoms with Crippen LogP contribution < -0.4 is 0 Å². The molecule has 3 heteroatoms. The molecule has 0 bridgehead atoms. The Morgan fingerprint density at radius 3 is 2.60 bits per heavy atom. The molecule has 0 aromatic carbocycles. The Bertz CT molecular complexity index is 164. The SMILES string of the molecule is CCCN1CCN(CCCO)CC1CC. The average molecular weight is 214 g/mol. The van der Waals surface area contributed by atoms with Gasteiger partial charge in [0.25, 0.3) is 0 Å². The Balaban J connectivity index is 2.33. The molecule has 1 fully saturated rings. The van der Waals surface area contributed by atoms with Gasteiger partial charge in [0.2, 0.25) is 0 Å². The van der Waals surface area contributed by atoms with Crippen LogP contribution in [-0.4, -0.2) is 60.3 Å². The molecule has 0 aliphatic carbocycles. The van der Waals surface area contributed by atoms with Gasteiger partial charge in [-0.2, -0.15) is 0 Å². The highest BCUT2D eigenvalue weighted by Gasteiger charge is 2.24. The monoisotopic (exact) mass is 214 g/mol. The molecule has 1 atom stereocenters. The van der Waals surface area contributed by atoms with Crippen LogP contribution in [0.1, 0.15) is 33.1 Å². The number of hydrogen-bond donors (Lipinski definition) is 1. The number of aliphatic hydroxyl groups excluding tert-OH is 1. The van der Waals surface area contributed by atoms with Crippen molar-refractivity contribution < 1.29 is 5.11 Å². The van der Waals surface area contributed by atoms with Gasteiger partial charge >= 0.3 is 0 Å². The van der Waals surface area contributed by atoms with E-state index < -0.39 is 0 Å². The lowest BCUT2D eigenvalue weighted by Gasteiger charge is -2.41. The van der Waals surface area contributed by atoms with Crippen LogP contribution in [0.4, 0.5) is 0 Å². The number of nitrogens with zero attached hydrogens (tertiary/aromatic N) is 2. The second-order valence-electron chi connectivity index (χ2n) is 4.48. The molecule has 1 unspecified atom stereocenters. The summed E-state index contributed by atoms with van der Waals surface area (Å²) in [6.07, 6.45) is 3.42. The summed E-state index contributed by atoms with van der Waals surface area (Å²) in [5, 5.41) is 8.82. The van der Waals surface area contributed by atoms with Crippen LogP contribution >= 0.6 is 0 Å². The van der Waals surface area contributed by atoms with Crippen LogP contribution in [0, 0.1) is 0 Å². The van der Waals surface area contributed by atoms with E-state index in [0.29, 0.717) is 6.61 Å². The number of piperazine rings is 1. The summed E-state index contributed by atoms with van der Waals surface area (Å²) in [6.45, 7) is 10.7. The van der Waals surface area contributed by atoms with Gasteiger partial charge in [0.1, 0.15) is 0 Å². The molecular weight excluding hydrogens is 188 g/mol. The lowest BCUT2D eigenvalue weighted by Crippen LogP contribution is -2.53. The third-order valence-electron chi connectivity index (χ3n) is 3.30. The minimum Gasteiger partial charge on any atom is -0.396 e. The van der Waals surface area contributed by atoms with E-state index in [9.17, 15) is 0 Å². The van der Waals surface area contributed by atoms with Crippen molar-refractivity contribution in [2.24, 2.45) is 0 Å². The van der Waals surface area contributed by atoms with E-state index >= 15 is 0 Å². The number of rotatable bonds is 6. The van der Waals surface area contributed by atoms with Gasteiger partial charge in [0, 0.05) is 38.8 Å². The van der Waals surface area contributed by atoms with E-state index in [2.05, 4.69) is 23.6 Å². The summed E-state index contributed by atoms with van der Waals surface area (Å²) < 4.78 is 0. The summed E-state index contributed by atoms with van der Waals surface area (Å²) in [5.41, 5.74) is 0. The maximum atomic E-state index is 8.82. The Hall–Kier alpha value is -0.120. The smallest absolute Gasteiger partial charge is 0.0443 e. The molecule has 0 amide bonds. The Kier molecular flexibility index (Phi) is 6.22. The van der Waals surface area contributed by atoms with Gasteiger partial charge in [-0.15, -0.1) is 0 Å². The molecule has 1 heterocycles. The first kappa shape index (κ1) is 12.9. The molecule has 1 N–H and O–H groups in total. The summed E-state index contributed by atoms with van der Waals surface area (Å²) in [7, 11) is 0. The highest BCUT2D eigenvalue weighted by Crippen LogP contribution is 2.13. The molecule has 15 heavy (non-hydrogen) atoms. The van der Waals surface area contributed by atoms with E-state index in [-0.39, 0.29) is 0 Å². The van der Waals surface area contributed by atoms with Crippen molar-refractivity contribution in [2.45, 2.75) is 39.2 Å². The zero-order chi connectivity index (χ0) is 11.1. The second-order valence-corrected chi connectivity index (χ2v) is 4.48. The lowest BCUT2D eigenvalue weighted by molar-refractivity contribution is 0.0683. The molecular formula is C12H26N2O. The maximum Gasteiger partial charge on any atom is 0.0443 e. The maximum absolute atomic E-state index is 8.82. The van der Waals surface area contributed by atoms with Crippen molar-refractivity contribution in [3.63, 3.8) is 0 Å². The molecule has 3 nitrogen and oxygen atoms in total. The zero-order valence-corrected chi connectivity index (χ0v) is 10.3. The zero-order valence-electron chi connectivity index (χ0n) is 10.3. The van der Waals surface area contributed by atoms with E-state index in [1.807, 2.05) is 0 Å². The minimum atomic E-state index is 0.325. The molecule has 0 saturated carbocycles. The van der Waals surface area contributed by atoms with Crippen LogP contribution in [0.25, 0.3) is 0 Å². The normalized spacial score (nSPS) is 24.6. The van der Waals surface area contributed by atoms with Gasteiger partial charge in [0.15, 0.2) is 0 Å². The fraction of sp³-hybridized carbons (Fsp3) is 1.00. The second kappa shape index (κ2) is 7.20. The highest BCUT2D eigenvalue weighted by atomic mass is 16.3. The topological polar surface area (TPSA) is 26.7 Å². The first-order valence-corrected chi connectivity index (χ1v) is 6.39. The van der Waals surface area contributed by atoms with Gasteiger partial charge in [-0.25, -0.2) is 0 Å². The molecule has 0 aromatic heterocycles. The minimum absolute atomic E-state index is 0.325. The van der Waals surface area contributed by atoms with Gasteiger partial charge < -0.3 is 10.0 Å². The third-order valence-corrected chi connectivity index (χ3v) is 3.30. The van der Waals surface area contributed by atoms with E-state index in [1.165, 1.54) is 39.0 Å². The number of hydrogen-bond acceptors (Lipinski definition) is 3. The molecule has 1 saturated heterocycles. The first-order valence-electron chi connectivity index (χ1n) is 6.39. The summed E-state index contributed by atoms with van der Waals surface area (Å²) in [5.74, 6) is 0. The van der Waals surface area contributed by atoms with Crippen LogP contribution in [0.2, 0.25) is 0 Å². The van der Waals surface area contributed by atoms with Crippen molar-refractivity contribution in [1.82, 2.24) is 9.80 Å². The molecule has 90 valence electrons. The average Bonchev–Trinajstić information content (AvgIpc) is 2.28. The molecule has 0 spiro atoms. The fourth-order valence-electron chi connectivity index (χ4n) is 2.42. The van der Waals surface area contributed by atoms with Crippen molar-refractivity contribution in [1.29, 1.82) is 0 Å². The molecule has 1 rings (SSSR count). The Morgan fingerprint density at radius 1 is 1.20 bits per heavy atom. The summed E-state index contributed by atoms with van der Waals surface area (Å²) in [4.78, 5) is 5.12. The van der Waals surface area contributed by atoms with Crippen molar-refractivity contribution >= 4 is 0 Å². The van der Waals surface area contributed by atoms with E-state index in [0.717, 1.165) is 19.0 Å². The number of aliphatic hydroxyl groups is 1. The van der Waals surface area contributed by atoms with Crippen molar-refractivity contribution in [3.8, 4) is 0 Å². The van der Waals surface area contributed by atoms with Crippen LogP contribution in [-0.2, 0) is 0 Å². The largest absolute Gasteiger partial charge is 0.396 e. The van der Waals surface area contributed by atoms with Gasteiger partial charge in [0.05, 0.1) is 0 Å². The van der Waals surface area contributed by atoms with Crippen LogP contribution in [0.5, 0.6) is 0 Å². The van der Waals surface area contributed by atoms with Gasteiger partial charge in [-0.3, -0.25) is 4.90 Å². The molecule has 1 aliphatic heterocycles. The fourth-order valence-corrected chi connectivity index (χ4v) is 2.42. The van der Waals surface area contributed by atoms with Crippen molar-refractivity contribution in [2.75, 3.05) is 39.3 Å². The standard InChI is InChI=1S/C12H26N2O/c1-3-6-14-9-8-13(7-5-10-15)11-12(14)4-2/h12,15H,3-11H2,1-2H3. The predicted octanol–water partition coefficient (Wildman–Crippen LogP) is 1.18. The van der Waals surface area contributed by atoms with Gasteiger partial charge in [-0.1, -0.05) is 13.8 Å². The van der Waals surface area contributed by atoms with Crippen LogP contribution in [0.15, 0.2) is 0 Å². The van der Waals surface area contributed by atoms with Crippen LogP contribution in [0.3, 0.4) is 0 Å². The molecule has 0 aromatic rings. The first-order chi connectivity index (χ1) is 7.31. The third kappa shape index (κ3) is 4.09. The Morgan fingerprint density at radius 2 is 2.00 bits per heavy atom. The van der Waals surface area contributed by atoms with Gasteiger partial charge in [-0.05, 0) is 25.8 Å². The molecule has 1 aliphatic rings. The Labute approximate surface area is 94.1 Å². The van der Waals surface area contributed by atoms with E-state index in [1.54, 1.807) is 0 Å². The summed E-state index contributed by atoms with van der Waals surface area (Å²) in [6, 6.07) is 0.734. The predicted molar refractivity (Wildman–Crippen MR) is 64.1 cm³/mol. The van der Waals surface area contributed by atoms with E-state index in [4.69, 9.17) is 5.11 Å². The highest BCUT2D eigenvalue weighted by molar-refractivity contribution is 4.80.